The van der Waals surface area contributed by atoms with Crippen molar-refractivity contribution in [1.29, 1.82) is 0 Å². The zero-order valence-corrected chi connectivity index (χ0v) is 11.2. The Morgan fingerprint density at radius 1 is 1.05 bits per heavy atom. The van der Waals surface area contributed by atoms with Gasteiger partial charge in [0.1, 0.15) is 5.82 Å². The van der Waals surface area contributed by atoms with Crippen molar-refractivity contribution in [2.75, 3.05) is 0 Å². The van der Waals surface area contributed by atoms with Gasteiger partial charge in [-0.3, -0.25) is 4.79 Å². The van der Waals surface area contributed by atoms with Crippen LogP contribution in [0.15, 0.2) is 36.4 Å². The van der Waals surface area contributed by atoms with Crippen LogP contribution < -0.4 is 4.74 Å². The van der Waals surface area contributed by atoms with Crippen molar-refractivity contribution >= 4 is 6.29 Å². The molecular formula is C16H14F2O2. The summed E-state index contributed by atoms with van der Waals surface area (Å²) in [6.45, 7) is 3.50. The molecule has 0 aliphatic carbocycles. The topological polar surface area (TPSA) is 26.3 Å². The summed E-state index contributed by atoms with van der Waals surface area (Å²) in [6, 6.07) is 8.45. The quantitative estimate of drug-likeness (QED) is 0.781. The molecular weight excluding hydrogens is 262 g/mol. The molecule has 0 radical (unpaired) electrons. The monoisotopic (exact) mass is 276 g/mol. The molecule has 0 unspecified atom stereocenters. The Morgan fingerprint density at radius 2 is 1.70 bits per heavy atom. The predicted octanol–water partition coefficient (Wildman–Crippen LogP) is 4.23. The molecule has 0 aliphatic rings. The van der Waals surface area contributed by atoms with E-state index in [-0.39, 0.29) is 23.0 Å². The van der Waals surface area contributed by atoms with Crippen molar-refractivity contribution in [3.8, 4) is 16.9 Å². The second-order valence-electron chi connectivity index (χ2n) is 4.64. The normalized spacial score (nSPS) is 10.7. The van der Waals surface area contributed by atoms with Crippen LogP contribution in [0.4, 0.5) is 8.78 Å². The lowest BCUT2D eigenvalue weighted by Gasteiger charge is -2.15. The van der Waals surface area contributed by atoms with E-state index in [1.807, 2.05) is 0 Å². The Hall–Kier alpha value is -2.23. The van der Waals surface area contributed by atoms with Gasteiger partial charge in [-0.2, -0.15) is 0 Å². The van der Waals surface area contributed by atoms with Gasteiger partial charge in [0.15, 0.2) is 17.9 Å². The van der Waals surface area contributed by atoms with Crippen LogP contribution in [0.2, 0.25) is 0 Å². The standard InChI is InChI=1S/C16H14F2O2/c1-10(2)20-16-12(9-19)5-8-14(15(16)18)11-3-6-13(17)7-4-11/h3-10H,1-2H3. The van der Waals surface area contributed by atoms with Gasteiger partial charge < -0.3 is 4.74 Å². The Labute approximate surface area is 116 Å². The maximum atomic E-state index is 14.5. The lowest BCUT2D eigenvalue weighted by molar-refractivity contribution is 0.111. The summed E-state index contributed by atoms with van der Waals surface area (Å²) in [4.78, 5) is 11.0. The van der Waals surface area contributed by atoms with Crippen molar-refractivity contribution in [3.63, 3.8) is 0 Å². The average molecular weight is 276 g/mol. The summed E-state index contributed by atoms with van der Waals surface area (Å²) in [5.41, 5.74) is 0.947. The van der Waals surface area contributed by atoms with Crippen LogP contribution in [0.1, 0.15) is 24.2 Å². The van der Waals surface area contributed by atoms with Crippen molar-refractivity contribution < 1.29 is 18.3 Å². The number of hydrogen-bond acceptors (Lipinski definition) is 2. The molecule has 2 rings (SSSR count). The van der Waals surface area contributed by atoms with E-state index in [9.17, 15) is 13.6 Å². The van der Waals surface area contributed by atoms with E-state index in [1.165, 1.54) is 36.4 Å². The highest BCUT2D eigenvalue weighted by Gasteiger charge is 2.17. The van der Waals surface area contributed by atoms with E-state index in [2.05, 4.69) is 0 Å². The lowest BCUT2D eigenvalue weighted by atomic mass is 10.0. The van der Waals surface area contributed by atoms with E-state index in [4.69, 9.17) is 4.74 Å². The highest BCUT2D eigenvalue weighted by Crippen LogP contribution is 2.32. The van der Waals surface area contributed by atoms with Gasteiger partial charge >= 0.3 is 0 Å². The summed E-state index contributed by atoms with van der Waals surface area (Å²) < 4.78 is 32.8. The molecule has 4 heteroatoms. The first-order valence-corrected chi connectivity index (χ1v) is 6.23. The zero-order valence-electron chi connectivity index (χ0n) is 11.2. The second-order valence-corrected chi connectivity index (χ2v) is 4.64. The summed E-state index contributed by atoms with van der Waals surface area (Å²) >= 11 is 0. The number of aldehydes is 1. The second kappa shape index (κ2) is 5.82. The van der Waals surface area contributed by atoms with Crippen LogP contribution in [-0.4, -0.2) is 12.4 Å². The number of carbonyl (C=O) groups excluding carboxylic acids is 1. The fraction of sp³-hybridized carbons (Fsp3) is 0.188. The molecule has 0 atom stereocenters. The summed E-state index contributed by atoms with van der Waals surface area (Å²) in [5, 5.41) is 0. The van der Waals surface area contributed by atoms with Gasteiger partial charge in [0.25, 0.3) is 0 Å². The largest absolute Gasteiger partial charge is 0.487 e. The number of rotatable bonds is 4. The fourth-order valence-electron chi connectivity index (χ4n) is 1.87. The number of benzene rings is 2. The maximum Gasteiger partial charge on any atom is 0.173 e. The number of halogens is 2. The smallest absolute Gasteiger partial charge is 0.173 e. The minimum absolute atomic E-state index is 0.0724. The van der Waals surface area contributed by atoms with Crippen molar-refractivity contribution in [3.05, 3.63) is 53.6 Å². The van der Waals surface area contributed by atoms with Crippen LogP contribution in [0.5, 0.6) is 5.75 Å². The number of ether oxygens (including phenoxy) is 1. The molecule has 0 heterocycles. The molecule has 0 bridgehead atoms. The molecule has 2 aromatic rings. The van der Waals surface area contributed by atoms with Crippen molar-refractivity contribution in [2.45, 2.75) is 20.0 Å². The van der Waals surface area contributed by atoms with Gasteiger partial charge in [-0.05, 0) is 37.6 Å². The third-order valence-electron chi connectivity index (χ3n) is 2.76. The SMILES string of the molecule is CC(C)Oc1c(C=O)ccc(-c2ccc(F)cc2)c1F. The van der Waals surface area contributed by atoms with E-state index >= 15 is 0 Å². The third kappa shape index (κ3) is 2.85. The first-order chi connectivity index (χ1) is 9.52. The number of carbonyl (C=O) groups is 1. The highest BCUT2D eigenvalue weighted by molar-refractivity contribution is 5.82. The molecule has 0 aromatic heterocycles. The van der Waals surface area contributed by atoms with Gasteiger partial charge in [0.2, 0.25) is 0 Å². The molecule has 104 valence electrons. The molecule has 0 fully saturated rings. The Kier molecular flexibility index (Phi) is 4.13. The van der Waals surface area contributed by atoms with Crippen LogP contribution in [0, 0.1) is 11.6 Å². The predicted molar refractivity (Wildman–Crippen MR) is 72.9 cm³/mol. The molecule has 0 amide bonds. The maximum absolute atomic E-state index is 14.5. The lowest BCUT2D eigenvalue weighted by Crippen LogP contribution is -2.09. The van der Waals surface area contributed by atoms with Crippen molar-refractivity contribution in [1.82, 2.24) is 0 Å². The van der Waals surface area contributed by atoms with Crippen molar-refractivity contribution in [2.24, 2.45) is 0 Å². The highest BCUT2D eigenvalue weighted by atomic mass is 19.1. The van der Waals surface area contributed by atoms with E-state index in [1.54, 1.807) is 13.8 Å². The fourth-order valence-corrected chi connectivity index (χ4v) is 1.87. The summed E-state index contributed by atoms with van der Waals surface area (Å²) in [7, 11) is 0. The summed E-state index contributed by atoms with van der Waals surface area (Å²) in [5.74, 6) is -1.08. The van der Waals surface area contributed by atoms with Gasteiger partial charge in [-0.1, -0.05) is 18.2 Å². The molecule has 0 aliphatic heterocycles. The minimum atomic E-state index is -0.616. The average Bonchev–Trinajstić information content (AvgIpc) is 2.42. The third-order valence-corrected chi connectivity index (χ3v) is 2.76. The van der Waals surface area contributed by atoms with Crippen LogP contribution >= 0.6 is 0 Å². The molecule has 20 heavy (non-hydrogen) atoms. The Bertz CT molecular complexity index is 619. The van der Waals surface area contributed by atoms with Gasteiger partial charge in [0.05, 0.1) is 11.7 Å². The molecule has 0 saturated carbocycles. The molecule has 0 saturated heterocycles. The Morgan fingerprint density at radius 3 is 2.25 bits per heavy atom. The summed E-state index contributed by atoms with van der Waals surface area (Å²) in [6.07, 6.45) is 0.293. The van der Waals surface area contributed by atoms with Crippen LogP contribution in [0.3, 0.4) is 0 Å². The van der Waals surface area contributed by atoms with Crippen LogP contribution in [-0.2, 0) is 0 Å². The number of hydrogen-bond donors (Lipinski definition) is 0. The van der Waals surface area contributed by atoms with Gasteiger partial charge in [0, 0.05) is 5.56 Å². The van der Waals surface area contributed by atoms with Gasteiger partial charge in [-0.15, -0.1) is 0 Å². The molecule has 2 aromatic carbocycles. The van der Waals surface area contributed by atoms with E-state index in [0.717, 1.165) is 0 Å². The first kappa shape index (κ1) is 14.2. The minimum Gasteiger partial charge on any atom is -0.487 e. The van der Waals surface area contributed by atoms with Gasteiger partial charge in [-0.25, -0.2) is 8.78 Å². The van der Waals surface area contributed by atoms with E-state index < -0.39 is 11.6 Å². The Balaban J connectivity index is 2.55. The molecule has 2 nitrogen and oxygen atoms in total. The first-order valence-electron chi connectivity index (χ1n) is 6.23. The zero-order chi connectivity index (χ0) is 14.7. The van der Waals surface area contributed by atoms with E-state index in [0.29, 0.717) is 11.8 Å². The molecule has 0 N–H and O–H groups in total. The molecule has 0 spiro atoms. The van der Waals surface area contributed by atoms with Crippen LogP contribution in [0.25, 0.3) is 11.1 Å².